The van der Waals surface area contributed by atoms with Gasteiger partial charge in [0.15, 0.2) is 0 Å². The van der Waals surface area contributed by atoms with Crippen molar-refractivity contribution in [3.8, 4) is 5.75 Å². The zero-order chi connectivity index (χ0) is 19.1. The highest BCUT2D eigenvalue weighted by atomic mass is 16.5. The molecule has 3 aromatic rings. The van der Waals surface area contributed by atoms with Crippen LogP contribution in [0.5, 0.6) is 5.75 Å². The Morgan fingerprint density at radius 3 is 2.85 bits per heavy atom. The van der Waals surface area contributed by atoms with E-state index in [1.165, 1.54) is 5.56 Å². The number of carbonyl (C=O) groups excluding carboxylic acids is 1. The molecule has 0 bridgehead atoms. The van der Waals surface area contributed by atoms with Gasteiger partial charge in [0.05, 0.1) is 19.2 Å². The fourth-order valence-electron chi connectivity index (χ4n) is 3.14. The monoisotopic (exact) mass is 363 g/mol. The summed E-state index contributed by atoms with van der Waals surface area (Å²) in [4.78, 5) is 18.6. The number of nitrogens with zero attached hydrogens (tertiary/aromatic N) is 2. The maximum Gasteiger partial charge on any atom is 0.234 e. The number of pyridine rings is 1. The molecule has 2 aromatic carbocycles. The maximum atomic E-state index is 12.2. The number of amides is 1. The molecule has 0 saturated heterocycles. The van der Waals surface area contributed by atoms with Gasteiger partial charge in [-0.3, -0.25) is 14.7 Å². The summed E-state index contributed by atoms with van der Waals surface area (Å²) in [5, 5.41) is 4.10. The highest BCUT2D eigenvalue weighted by Crippen LogP contribution is 2.17. The van der Waals surface area contributed by atoms with Gasteiger partial charge in [0.25, 0.3) is 0 Å². The van der Waals surface area contributed by atoms with Crippen molar-refractivity contribution < 1.29 is 9.53 Å². The Morgan fingerprint density at radius 2 is 2.00 bits per heavy atom. The molecule has 1 heterocycles. The number of rotatable bonds is 8. The molecule has 0 saturated carbocycles. The first kappa shape index (κ1) is 18.9. The fourth-order valence-corrected chi connectivity index (χ4v) is 3.14. The summed E-state index contributed by atoms with van der Waals surface area (Å²) >= 11 is 0. The average molecular weight is 363 g/mol. The fraction of sp³-hybridized carbons (Fsp3) is 0.273. The van der Waals surface area contributed by atoms with Gasteiger partial charge >= 0.3 is 0 Å². The first-order valence-electron chi connectivity index (χ1n) is 9.06. The van der Waals surface area contributed by atoms with Crippen LogP contribution < -0.4 is 10.1 Å². The summed E-state index contributed by atoms with van der Waals surface area (Å²) in [6.07, 6.45) is 2.54. The number of likely N-dealkylation sites (N-methyl/N-ethyl adjacent to an activating group) is 1. The first-order valence-corrected chi connectivity index (χ1v) is 9.06. The summed E-state index contributed by atoms with van der Waals surface area (Å²) in [6, 6.07) is 18.1. The number of benzene rings is 2. The second-order valence-electron chi connectivity index (χ2n) is 6.61. The number of hydrogen-bond acceptors (Lipinski definition) is 4. The van der Waals surface area contributed by atoms with Gasteiger partial charge in [-0.05, 0) is 48.9 Å². The van der Waals surface area contributed by atoms with E-state index in [-0.39, 0.29) is 5.91 Å². The third-order valence-electron chi connectivity index (χ3n) is 4.44. The largest absolute Gasteiger partial charge is 0.496 e. The SMILES string of the molecule is COc1ccccc1CCNC(=O)CN(C)Cc1ccc2ncccc2c1. The van der Waals surface area contributed by atoms with Crippen molar-refractivity contribution in [3.05, 3.63) is 71.9 Å². The molecule has 0 fully saturated rings. The Labute approximate surface area is 160 Å². The number of para-hydroxylation sites is 1. The van der Waals surface area contributed by atoms with E-state index in [4.69, 9.17) is 4.74 Å². The van der Waals surface area contributed by atoms with Crippen LogP contribution in [0.2, 0.25) is 0 Å². The van der Waals surface area contributed by atoms with Crippen molar-refractivity contribution in [2.45, 2.75) is 13.0 Å². The lowest BCUT2D eigenvalue weighted by molar-refractivity contribution is -0.122. The number of carbonyl (C=O) groups is 1. The molecule has 140 valence electrons. The molecule has 1 N–H and O–H groups in total. The second kappa shape index (κ2) is 9.14. The first-order chi connectivity index (χ1) is 13.2. The van der Waals surface area contributed by atoms with Gasteiger partial charge in [0.2, 0.25) is 5.91 Å². The Hall–Kier alpha value is -2.92. The molecule has 1 aromatic heterocycles. The van der Waals surface area contributed by atoms with E-state index in [1.54, 1.807) is 13.3 Å². The maximum absolute atomic E-state index is 12.2. The van der Waals surface area contributed by atoms with Crippen LogP contribution in [0.15, 0.2) is 60.8 Å². The van der Waals surface area contributed by atoms with Gasteiger partial charge in [-0.15, -0.1) is 0 Å². The molecule has 5 heteroatoms. The van der Waals surface area contributed by atoms with Crippen LogP contribution in [0.4, 0.5) is 0 Å². The number of hydrogen-bond donors (Lipinski definition) is 1. The molecule has 0 radical (unpaired) electrons. The predicted octanol–water partition coefficient (Wildman–Crippen LogP) is 3.03. The molecule has 0 aliphatic heterocycles. The van der Waals surface area contributed by atoms with Crippen LogP contribution in [0.3, 0.4) is 0 Å². The minimum Gasteiger partial charge on any atom is -0.496 e. The summed E-state index contributed by atoms with van der Waals surface area (Å²) in [7, 11) is 3.61. The highest BCUT2D eigenvalue weighted by molar-refractivity contribution is 5.79. The second-order valence-corrected chi connectivity index (χ2v) is 6.61. The van der Waals surface area contributed by atoms with Crippen molar-refractivity contribution in [1.29, 1.82) is 0 Å². The molecule has 5 nitrogen and oxygen atoms in total. The van der Waals surface area contributed by atoms with E-state index in [0.717, 1.165) is 28.6 Å². The smallest absolute Gasteiger partial charge is 0.234 e. The van der Waals surface area contributed by atoms with Gasteiger partial charge in [0.1, 0.15) is 5.75 Å². The lowest BCUT2D eigenvalue weighted by Crippen LogP contribution is -2.35. The Kier molecular flexibility index (Phi) is 6.39. The third kappa shape index (κ3) is 5.28. The molecule has 0 atom stereocenters. The van der Waals surface area contributed by atoms with E-state index in [0.29, 0.717) is 19.6 Å². The van der Waals surface area contributed by atoms with Gasteiger partial charge in [0, 0.05) is 24.7 Å². The Balaban J connectivity index is 1.47. The predicted molar refractivity (Wildman–Crippen MR) is 108 cm³/mol. The summed E-state index contributed by atoms with van der Waals surface area (Å²) in [5.41, 5.74) is 3.25. The van der Waals surface area contributed by atoms with Crippen LogP contribution in [-0.2, 0) is 17.8 Å². The lowest BCUT2D eigenvalue weighted by Gasteiger charge is -2.17. The van der Waals surface area contributed by atoms with Gasteiger partial charge < -0.3 is 10.1 Å². The molecular formula is C22H25N3O2. The topological polar surface area (TPSA) is 54.5 Å². The van der Waals surface area contributed by atoms with Crippen molar-refractivity contribution in [2.75, 3.05) is 27.2 Å². The summed E-state index contributed by atoms with van der Waals surface area (Å²) < 4.78 is 5.34. The van der Waals surface area contributed by atoms with E-state index in [9.17, 15) is 4.79 Å². The van der Waals surface area contributed by atoms with Crippen LogP contribution in [0.1, 0.15) is 11.1 Å². The summed E-state index contributed by atoms with van der Waals surface area (Å²) in [6.45, 7) is 1.66. The van der Waals surface area contributed by atoms with Crippen LogP contribution in [-0.4, -0.2) is 43.0 Å². The molecule has 0 aliphatic rings. The molecule has 3 rings (SSSR count). The number of fused-ring (bicyclic) bond motifs is 1. The van der Waals surface area contributed by atoms with Crippen molar-refractivity contribution in [1.82, 2.24) is 15.2 Å². The van der Waals surface area contributed by atoms with E-state index >= 15 is 0 Å². The quantitative estimate of drug-likeness (QED) is 0.668. The molecular weight excluding hydrogens is 338 g/mol. The van der Waals surface area contributed by atoms with Gasteiger partial charge in [-0.25, -0.2) is 0 Å². The zero-order valence-electron chi connectivity index (χ0n) is 15.8. The molecule has 0 aliphatic carbocycles. The van der Waals surface area contributed by atoms with Crippen LogP contribution >= 0.6 is 0 Å². The minimum absolute atomic E-state index is 0.0230. The zero-order valence-corrected chi connectivity index (χ0v) is 15.8. The Morgan fingerprint density at radius 1 is 1.15 bits per heavy atom. The number of aromatic nitrogens is 1. The summed E-state index contributed by atoms with van der Waals surface area (Å²) in [5.74, 6) is 0.879. The lowest BCUT2D eigenvalue weighted by atomic mass is 10.1. The molecule has 1 amide bonds. The molecule has 27 heavy (non-hydrogen) atoms. The van der Waals surface area contributed by atoms with Crippen molar-refractivity contribution >= 4 is 16.8 Å². The highest BCUT2D eigenvalue weighted by Gasteiger charge is 2.08. The van der Waals surface area contributed by atoms with Crippen LogP contribution in [0, 0.1) is 0 Å². The number of methoxy groups -OCH3 is 1. The molecule has 0 spiro atoms. The van der Waals surface area contributed by atoms with E-state index in [1.807, 2.05) is 48.3 Å². The van der Waals surface area contributed by atoms with Gasteiger partial charge in [-0.2, -0.15) is 0 Å². The van der Waals surface area contributed by atoms with Crippen molar-refractivity contribution in [2.24, 2.45) is 0 Å². The van der Waals surface area contributed by atoms with Gasteiger partial charge in [-0.1, -0.05) is 30.3 Å². The van der Waals surface area contributed by atoms with E-state index in [2.05, 4.69) is 28.5 Å². The minimum atomic E-state index is 0.0230. The number of nitrogens with one attached hydrogen (secondary N) is 1. The van der Waals surface area contributed by atoms with E-state index < -0.39 is 0 Å². The normalized spacial score (nSPS) is 10.9. The Bertz CT molecular complexity index is 911. The molecule has 0 unspecified atom stereocenters. The number of ether oxygens (including phenoxy) is 1. The van der Waals surface area contributed by atoms with Crippen molar-refractivity contribution in [3.63, 3.8) is 0 Å². The third-order valence-corrected chi connectivity index (χ3v) is 4.44. The van der Waals surface area contributed by atoms with Crippen LogP contribution in [0.25, 0.3) is 10.9 Å². The average Bonchev–Trinajstić information content (AvgIpc) is 2.68. The standard InChI is InChI=1S/C22H25N3O2/c1-25(15-17-9-10-20-19(14-17)7-5-12-23-20)16-22(26)24-13-11-18-6-3-4-8-21(18)27-2/h3-10,12,14H,11,13,15-16H2,1-2H3,(H,24,26).